The van der Waals surface area contributed by atoms with Crippen LogP contribution in [-0.4, -0.2) is 106 Å². The topological polar surface area (TPSA) is 184 Å². The number of hydrogen-bond acceptors (Lipinski definition) is 9. The summed E-state index contributed by atoms with van der Waals surface area (Å²) in [7, 11) is 2.59. The molecule has 4 N–H and O–H groups in total. The van der Waals surface area contributed by atoms with Gasteiger partial charge in [-0.2, -0.15) is 0 Å². The summed E-state index contributed by atoms with van der Waals surface area (Å²) in [6.07, 6.45) is 3.32. The molecule has 0 bridgehead atoms. The van der Waals surface area contributed by atoms with Gasteiger partial charge in [0.1, 0.15) is 23.7 Å². The number of benzene rings is 3. The van der Waals surface area contributed by atoms with Gasteiger partial charge in [0.25, 0.3) is 0 Å². The molecule has 0 unspecified atom stereocenters. The van der Waals surface area contributed by atoms with Crippen LogP contribution in [0.2, 0.25) is 0 Å². The minimum absolute atomic E-state index is 0.0372. The molecule has 0 aliphatic carbocycles. The third-order valence-electron chi connectivity index (χ3n) is 11.9. The van der Waals surface area contributed by atoms with Crippen LogP contribution in [-0.2, 0) is 23.8 Å². The molecule has 3 aliphatic rings. The van der Waals surface area contributed by atoms with E-state index in [1.54, 1.807) is 0 Å². The van der Waals surface area contributed by atoms with Gasteiger partial charge in [-0.3, -0.25) is 9.59 Å². The summed E-state index contributed by atoms with van der Waals surface area (Å²) in [4.78, 5) is 72.4. The van der Waals surface area contributed by atoms with E-state index in [2.05, 4.69) is 38.5 Å². The van der Waals surface area contributed by atoms with Gasteiger partial charge in [0.05, 0.1) is 48.4 Å². The highest BCUT2D eigenvalue weighted by atomic mass is 16.5. The zero-order valence-electron chi connectivity index (χ0n) is 33.8. The molecule has 2 aromatic heterocycles. The maximum Gasteiger partial charge on any atom is 0.407 e. The lowest BCUT2D eigenvalue weighted by molar-refractivity contribution is -0.137. The van der Waals surface area contributed by atoms with E-state index in [1.165, 1.54) is 14.2 Å². The quantitative estimate of drug-likeness (QED) is 0.140. The Morgan fingerprint density at radius 3 is 2.07 bits per heavy atom. The van der Waals surface area contributed by atoms with Crippen molar-refractivity contribution >= 4 is 56.8 Å². The number of nitrogens with zero attached hydrogens (tertiary/aromatic N) is 4. The van der Waals surface area contributed by atoms with Crippen molar-refractivity contribution in [1.29, 1.82) is 0 Å². The normalized spacial score (nSPS) is 19.5. The van der Waals surface area contributed by atoms with E-state index in [0.717, 1.165) is 75.5 Å². The standard InChI is InChI=1S/C44H50N8O7/c1-25(2)36(49-43(55)57-3)41(53)51-19-6-8-35(51)40-46-32-16-13-29-23-26(11-14-30(29)38(32)48-40)9-10-27-12-15-31-33(24-27)47-39(45-31)34-7-5-20-52(34)42(54)37(50-44(56)58-4)28-17-21-59-22-18-28/h11-16,23-25,28,34-37H,5-8,17-22H2,1-4H3,(H,45,47)(H,46,48)(H,49,55)(H,50,56)/t34-,35-,36-,37-/m0/s1. The summed E-state index contributed by atoms with van der Waals surface area (Å²) >= 11 is 0. The van der Waals surface area contributed by atoms with Gasteiger partial charge in [-0.15, -0.1) is 0 Å². The Labute approximate surface area is 341 Å². The Kier molecular flexibility index (Phi) is 11.4. The van der Waals surface area contributed by atoms with Crippen LogP contribution in [0.4, 0.5) is 9.59 Å². The van der Waals surface area contributed by atoms with Crippen LogP contribution in [0.1, 0.15) is 87.2 Å². The third kappa shape index (κ3) is 8.14. The number of H-pyrrole nitrogens is 2. The molecule has 5 aromatic rings. The number of aromatic nitrogens is 4. The van der Waals surface area contributed by atoms with Gasteiger partial charge in [0, 0.05) is 42.8 Å². The fourth-order valence-corrected chi connectivity index (χ4v) is 8.78. The van der Waals surface area contributed by atoms with Crippen molar-refractivity contribution in [3.8, 4) is 11.8 Å². The second-order valence-electron chi connectivity index (χ2n) is 15.9. The van der Waals surface area contributed by atoms with Crippen LogP contribution in [0.3, 0.4) is 0 Å². The molecule has 3 aromatic carbocycles. The summed E-state index contributed by atoms with van der Waals surface area (Å²) in [6.45, 7) is 6.07. The first-order valence-electron chi connectivity index (χ1n) is 20.4. The minimum Gasteiger partial charge on any atom is -0.453 e. The highest BCUT2D eigenvalue weighted by Gasteiger charge is 2.41. The Balaban J connectivity index is 0.989. The molecule has 4 amide bonds. The smallest absolute Gasteiger partial charge is 0.407 e. The molecule has 8 rings (SSSR count). The van der Waals surface area contributed by atoms with E-state index in [-0.39, 0.29) is 35.7 Å². The molecule has 15 nitrogen and oxygen atoms in total. The molecular weight excluding hydrogens is 753 g/mol. The highest BCUT2D eigenvalue weighted by molar-refractivity contribution is 6.04. The van der Waals surface area contributed by atoms with Crippen molar-refractivity contribution < 1.29 is 33.4 Å². The van der Waals surface area contributed by atoms with Crippen LogP contribution in [0.15, 0.2) is 48.5 Å². The van der Waals surface area contributed by atoms with E-state index in [0.29, 0.717) is 45.0 Å². The number of imidazole rings is 2. The minimum atomic E-state index is -0.702. The predicted molar refractivity (Wildman–Crippen MR) is 220 cm³/mol. The zero-order chi connectivity index (χ0) is 41.2. The van der Waals surface area contributed by atoms with E-state index >= 15 is 0 Å². The molecule has 59 heavy (non-hydrogen) atoms. The van der Waals surface area contributed by atoms with E-state index in [4.69, 9.17) is 24.2 Å². The zero-order valence-corrected chi connectivity index (χ0v) is 33.8. The second-order valence-corrected chi connectivity index (χ2v) is 15.9. The van der Waals surface area contributed by atoms with E-state index < -0.39 is 24.3 Å². The molecule has 3 aliphatic heterocycles. The summed E-state index contributed by atoms with van der Waals surface area (Å²) in [5.74, 6) is 7.64. The Morgan fingerprint density at radius 1 is 0.763 bits per heavy atom. The van der Waals surface area contributed by atoms with E-state index in [1.807, 2.05) is 66.1 Å². The maximum atomic E-state index is 14.0. The first-order chi connectivity index (χ1) is 28.6. The number of rotatable bonds is 8. The lowest BCUT2D eigenvalue weighted by Crippen LogP contribution is -2.53. The van der Waals surface area contributed by atoms with Gasteiger partial charge in [-0.1, -0.05) is 37.8 Å². The van der Waals surface area contributed by atoms with Crippen molar-refractivity contribution in [3.63, 3.8) is 0 Å². The van der Waals surface area contributed by atoms with Crippen LogP contribution in [0.25, 0.3) is 32.8 Å². The molecule has 4 atom stereocenters. The van der Waals surface area contributed by atoms with Crippen molar-refractivity contribution in [2.24, 2.45) is 11.8 Å². The molecule has 15 heteroatoms. The number of alkyl carbamates (subject to hydrolysis) is 2. The second kappa shape index (κ2) is 17.0. The van der Waals surface area contributed by atoms with Gasteiger partial charge in [-0.25, -0.2) is 19.6 Å². The number of likely N-dealkylation sites (tertiary alicyclic amines) is 2. The average molecular weight is 803 g/mol. The number of carbonyl (C=O) groups excluding carboxylic acids is 4. The summed E-state index contributed by atoms with van der Waals surface area (Å²) < 4.78 is 15.2. The molecule has 0 radical (unpaired) electrons. The summed E-state index contributed by atoms with van der Waals surface area (Å²) in [6, 6.07) is 14.1. The maximum absolute atomic E-state index is 14.0. The molecule has 5 heterocycles. The summed E-state index contributed by atoms with van der Waals surface area (Å²) in [5, 5.41) is 7.52. The van der Waals surface area contributed by atoms with Crippen molar-refractivity contribution in [2.45, 2.75) is 76.5 Å². The van der Waals surface area contributed by atoms with Crippen molar-refractivity contribution in [1.82, 2.24) is 40.4 Å². The molecule has 3 saturated heterocycles. The third-order valence-corrected chi connectivity index (χ3v) is 11.9. The molecular formula is C44H50N8O7. The molecule has 3 fully saturated rings. The largest absolute Gasteiger partial charge is 0.453 e. The lowest BCUT2D eigenvalue weighted by Gasteiger charge is -2.34. The number of nitrogens with one attached hydrogen (secondary N) is 4. The first kappa shape index (κ1) is 39.7. The number of carbonyl (C=O) groups is 4. The van der Waals surface area contributed by atoms with Gasteiger partial charge >= 0.3 is 12.2 Å². The van der Waals surface area contributed by atoms with Gasteiger partial charge < -0.3 is 44.6 Å². The summed E-state index contributed by atoms with van der Waals surface area (Å²) in [5.41, 5.74) is 5.00. The number of methoxy groups -OCH3 is 2. The number of amides is 4. The van der Waals surface area contributed by atoms with Gasteiger partial charge in [0.2, 0.25) is 11.8 Å². The number of ether oxygens (including phenoxy) is 3. The highest BCUT2D eigenvalue weighted by Crippen LogP contribution is 2.36. The average Bonchev–Trinajstić information content (AvgIpc) is 4.09. The van der Waals surface area contributed by atoms with Gasteiger partial charge in [0.15, 0.2) is 0 Å². The van der Waals surface area contributed by atoms with Crippen molar-refractivity contribution in [2.75, 3.05) is 40.5 Å². The lowest BCUT2D eigenvalue weighted by atomic mass is 9.90. The van der Waals surface area contributed by atoms with E-state index in [9.17, 15) is 19.2 Å². The van der Waals surface area contributed by atoms with Crippen LogP contribution in [0.5, 0.6) is 0 Å². The SMILES string of the molecule is COC(=O)N[C@H](C(=O)N1CCC[C@H]1c1nc2ccc3cc(C#Cc4ccc5nc([C@@H]6CCCN6C(=O)[C@@H](NC(=O)OC)C6CCOCC6)[nH]c5c4)ccc3c2[nH]1)C(C)C. The molecule has 0 saturated carbocycles. The van der Waals surface area contributed by atoms with Crippen LogP contribution >= 0.6 is 0 Å². The van der Waals surface area contributed by atoms with Gasteiger partial charge in [-0.05, 0) is 92.1 Å². The first-order valence-corrected chi connectivity index (χ1v) is 20.4. The molecule has 308 valence electrons. The van der Waals surface area contributed by atoms with Crippen molar-refractivity contribution in [3.05, 3.63) is 71.3 Å². The fourth-order valence-electron chi connectivity index (χ4n) is 8.78. The number of fused-ring (bicyclic) bond motifs is 4. The van der Waals surface area contributed by atoms with Crippen LogP contribution < -0.4 is 10.6 Å². The monoisotopic (exact) mass is 802 g/mol. The Bertz CT molecular complexity index is 2460. The van der Waals surface area contributed by atoms with Crippen LogP contribution in [0, 0.1) is 23.7 Å². The predicted octanol–water partition coefficient (Wildman–Crippen LogP) is 5.85. The Morgan fingerprint density at radius 2 is 1.37 bits per heavy atom. The number of aromatic amines is 2. The fraction of sp³-hybridized carbons (Fsp3) is 0.455. The number of hydrogen-bond donors (Lipinski definition) is 4. The Hall–Kier alpha value is -6.14. The molecule has 0 spiro atoms.